The average Bonchev–Trinajstić information content (AvgIpc) is 2.87. The number of hydrazone groups is 1. The topological polar surface area (TPSA) is 87.6 Å². The van der Waals surface area contributed by atoms with Crippen molar-refractivity contribution in [2.24, 2.45) is 5.10 Å². The molecule has 3 aromatic rings. The summed E-state index contributed by atoms with van der Waals surface area (Å²) in [5.41, 5.74) is 4.48. The van der Waals surface area contributed by atoms with Gasteiger partial charge in [0.15, 0.2) is 23.0 Å². The molecule has 3 rings (SSSR count). The molecule has 0 unspecified atom stereocenters. The van der Waals surface area contributed by atoms with Crippen LogP contribution in [0.5, 0.6) is 28.7 Å². The van der Waals surface area contributed by atoms with E-state index >= 15 is 0 Å². The molecule has 0 aromatic heterocycles. The second-order valence-corrected chi connectivity index (χ2v) is 7.38. The van der Waals surface area contributed by atoms with Crippen LogP contribution >= 0.6 is 11.6 Å². The highest BCUT2D eigenvalue weighted by Gasteiger charge is 2.16. The van der Waals surface area contributed by atoms with Crippen LogP contribution in [0.25, 0.3) is 0 Å². The Bertz CT molecular complexity index is 1140. The summed E-state index contributed by atoms with van der Waals surface area (Å²) in [6.45, 7) is 0.367. The van der Waals surface area contributed by atoms with Gasteiger partial charge in [-0.15, -0.1) is 0 Å². The van der Waals surface area contributed by atoms with Crippen molar-refractivity contribution in [2.45, 2.75) is 6.61 Å². The van der Waals surface area contributed by atoms with Crippen LogP contribution in [-0.4, -0.2) is 40.6 Å². The Hall–Kier alpha value is -3.91. The number of methoxy groups -OCH3 is 4. The number of rotatable bonds is 10. The van der Waals surface area contributed by atoms with Crippen LogP contribution in [0.15, 0.2) is 59.7 Å². The predicted octanol–water partition coefficient (Wildman–Crippen LogP) is 4.72. The summed E-state index contributed by atoms with van der Waals surface area (Å²) < 4.78 is 27.1. The van der Waals surface area contributed by atoms with E-state index in [9.17, 15) is 4.79 Å². The Labute approximate surface area is 203 Å². The van der Waals surface area contributed by atoms with Gasteiger partial charge in [0.05, 0.1) is 34.7 Å². The summed E-state index contributed by atoms with van der Waals surface area (Å²) >= 11 is 5.91. The van der Waals surface area contributed by atoms with Crippen molar-refractivity contribution in [3.63, 3.8) is 0 Å². The van der Waals surface area contributed by atoms with Crippen LogP contribution in [-0.2, 0) is 6.61 Å². The van der Waals surface area contributed by atoms with Gasteiger partial charge in [-0.1, -0.05) is 23.7 Å². The van der Waals surface area contributed by atoms with Gasteiger partial charge in [-0.3, -0.25) is 4.79 Å². The first-order chi connectivity index (χ1) is 16.5. The zero-order valence-electron chi connectivity index (χ0n) is 19.3. The SMILES string of the molecule is COc1cc(/C=N/NC(=O)c2cc(OC)c(OC)c(OC)c2)ccc1OCc1ccc(Cl)cc1. The van der Waals surface area contributed by atoms with E-state index in [1.54, 1.807) is 37.4 Å². The Morgan fingerprint density at radius 2 is 1.50 bits per heavy atom. The van der Waals surface area contributed by atoms with Crippen LogP contribution in [0.1, 0.15) is 21.5 Å². The average molecular weight is 485 g/mol. The number of carbonyl (C=O) groups excluding carboxylic acids is 1. The zero-order chi connectivity index (χ0) is 24.5. The molecule has 0 saturated heterocycles. The molecule has 0 radical (unpaired) electrons. The standard InChI is InChI=1S/C25H25ClN2O6/c1-30-21-11-17(7-10-20(21)34-15-16-5-8-19(26)9-6-16)14-27-28-25(29)18-12-22(31-2)24(33-4)23(13-18)32-3/h5-14H,15H2,1-4H3,(H,28,29)/b27-14+. The van der Waals surface area contributed by atoms with Crippen molar-refractivity contribution in [3.05, 3.63) is 76.3 Å². The highest BCUT2D eigenvalue weighted by Crippen LogP contribution is 2.38. The van der Waals surface area contributed by atoms with Crippen molar-refractivity contribution in [3.8, 4) is 28.7 Å². The highest BCUT2D eigenvalue weighted by atomic mass is 35.5. The Morgan fingerprint density at radius 3 is 2.09 bits per heavy atom. The highest BCUT2D eigenvalue weighted by molar-refractivity contribution is 6.30. The number of hydrogen-bond donors (Lipinski definition) is 1. The summed E-state index contributed by atoms with van der Waals surface area (Å²) in [4.78, 5) is 12.6. The summed E-state index contributed by atoms with van der Waals surface area (Å²) in [6.07, 6.45) is 1.50. The first-order valence-electron chi connectivity index (χ1n) is 10.2. The lowest BCUT2D eigenvalue weighted by molar-refractivity contribution is 0.0954. The minimum Gasteiger partial charge on any atom is -0.493 e. The van der Waals surface area contributed by atoms with Crippen LogP contribution in [0.3, 0.4) is 0 Å². The molecular weight excluding hydrogens is 460 g/mol. The predicted molar refractivity (Wildman–Crippen MR) is 130 cm³/mol. The second-order valence-electron chi connectivity index (χ2n) is 6.94. The molecule has 0 fully saturated rings. The van der Waals surface area contributed by atoms with Gasteiger partial charge in [0, 0.05) is 10.6 Å². The number of amides is 1. The molecule has 9 heteroatoms. The molecule has 1 N–H and O–H groups in total. The maximum absolute atomic E-state index is 12.6. The second kappa shape index (κ2) is 11.8. The van der Waals surface area contributed by atoms with Crippen molar-refractivity contribution in [2.75, 3.05) is 28.4 Å². The van der Waals surface area contributed by atoms with Crippen molar-refractivity contribution < 1.29 is 28.5 Å². The molecular formula is C25H25ClN2O6. The molecule has 178 valence electrons. The van der Waals surface area contributed by atoms with Crippen LogP contribution in [0, 0.1) is 0 Å². The number of carbonyl (C=O) groups is 1. The van der Waals surface area contributed by atoms with Gasteiger partial charge in [0.2, 0.25) is 5.75 Å². The fraction of sp³-hybridized carbons (Fsp3) is 0.200. The van der Waals surface area contributed by atoms with E-state index in [0.717, 1.165) is 5.56 Å². The van der Waals surface area contributed by atoms with Crippen LogP contribution < -0.4 is 29.1 Å². The number of nitrogens with one attached hydrogen (secondary N) is 1. The third kappa shape index (κ3) is 6.11. The van der Waals surface area contributed by atoms with Gasteiger partial charge in [0.1, 0.15) is 6.61 Å². The molecule has 0 bridgehead atoms. The first kappa shape index (κ1) is 24.7. The minimum absolute atomic E-state index is 0.301. The molecule has 0 aliphatic heterocycles. The first-order valence-corrected chi connectivity index (χ1v) is 10.6. The van der Waals surface area contributed by atoms with E-state index < -0.39 is 5.91 Å². The smallest absolute Gasteiger partial charge is 0.271 e. The number of ether oxygens (including phenoxy) is 5. The molecule has 0 aliphatic rings. The molecule has 0 saturated carbocycles. The van der Waals surface area contributed by atoms with Gasteiger partial charge in [-0.25, -0.2) is 5.43 Å². The molecule has 1 amide bonds. The maximum Gasteiger partial charge on any atom is 0.271 e. The van der Waals surface area contributed by atoms with Crippen LogP contribution in [0.4, 0.5) is 0 Å². The molecule has 0 aliphatic carbocycles. The van der Waals surface area contributed by atoms with Crippen LogP contribution in [0.2, 0.25) is 5.02 Å². The summed E-state index contributed by atoms with van der Waals surface area (Å²) in [6, 6.07) is 15.8. The molecule has 0 heterocycles. The summed E-state index contributed by atoms with van der Waals surface area (Å²) in [7, 11) is 6.00. The lowest BCUT2D eigenvalue weighted by Gasteiger charge is -2.13. The van der Waals surface area contributed by atoms with Gasteiger partial charge in [-0.2, -0.15) is 5.10 Å². The fourth-order valence-electron chi connectivity index (χ4n) is 3.07. The van der Waals surface area contributed by atoms with E-state index in [1.807, 2.05) is 24.3 Å². The van der Waals surface area contributed by atoms with Gasteiger partial charge < -0.3 is 23.7 Å². The number of benzene rings is 3. The molecule has 3 aromatic carbocycles. The van der Waals surface area contributed by atoms with E-state index in [0.29, 0.717) is 51.5 Å². The molecule has 0 atom stereocenters. The third-order valence-corrected chi connectivity index (χ3v) is 5.05. The normalized spacial score (nSPS) is 10.6. The van der Waals surface area contributed by atoms with E-state index in [-0.39, 0.29) is 0 Å². The van der Waals surface area contributed by atoms with Gasteiger partial charge in [-0.05, 0) is 53.6 Å². The minimum atomic E-state index is -0.439. The lowest BCUT2D eigenvalue weighted by atomic mass is 10.1. The Morgan fingerprint density at radius 1 is 0.853 bits per heavy atom. The Kier molecular flexibility index (Phi) is 8.59. The van der Waals surface area contributed by atoms with Gasteiger partial charge >= 0.3 is 0 Å². The largest absolute Gasteiger partial charge is 0.493 e. The van der Waals surface area contributed by atoms with Crippen molar-refractivity contribution in [1.29, 1.82) is 0 Å². The van der Waals surface area contributed by atoms with Crippen molar-refractivity contribution >= 4 is 23.7 Å². The maximum atomic E-state index is 12.6. The number of halogens is 1. The lowest BCUT2D eigenvalue weighted by Crippen LogP contribution is -2.18. The monoisotopic (exact) mass is 484 g/mol. The molecule has 0 spiro atoms. The van der Waals surface area contributed by atoms with E-state index in [1.165, 1.54) is 27.5 Å². The zero-order valence-corrected chi connectivity index (χ0v) is 20.0. The Balaban J connectivity index is 1.67. The van der Waals surface area contributed by atoms with Gasteiger partial charge in [0.25, 0.3) is 5.91 Å². The fourth-order valence-corrected chi connectivity index (χ4v) is 3.19. The molecule has 34 heavy (non-hydrogen) atoms. The van der Waals surface area contributed by atoms with Crippen molar-refractivity contribution in [1.82, 2.24) is 5.43 Å². The summed E-state index contributed by atoms with van der Waals surface area (Å²) in [5.74, 6) is 1.82. The van der Waals surface area contributed by atoms with E-state index in [2.05, 4.69) is 10.5 Å². The quantitative estimate of drug-likeness (QED) is 0.331. The third-order valence-electron chi connectivity index (χ3n) is 4.80. The number of hydrogen-bond acceptors (Lipinski definition) is 7. The van der Waals surface area contributed by atoms with E-state index in [4.69, 9.17) is 35.3 Å². The summed E-state index contributed by atoms with van der Waals surface area (Å²) in [5, 5.41) is 4.70. The molecule has 8 nitrogen and oxygen atoms in total. The number of nitrogens with zero attached hydrogens (tertiary/aromatic N) is 1.